The van der Waals surface area contributed by atoms with Crippen LogP contribution in [0.15, 0.2) is 34.3 Å². The molecule has 1 saturated heterocycles. The zero-order chi connectivity index (χ0) is 21.2. The number of hydrogen-bond donors (Lipinski definition) is 0. The van der Waals surface area contributed by atoms with E-state index in [4.69, 9.17) is 4.74 Å². The van der Waals surface area contributed by atoms with Crippen LogP contribution in [0.2, 0.25) is 0 Å². The normalized spacial score (nSPS) is 17.2. The fraction of sp³-hybridized carbons (Fsp3) is 0.500. The van der Waals surface area contributed by atoms with Gasteiger partial charge < -0.3 is 9.30 Å². The molecule has 2 aromatic heterocycles. The average molecular weight is 438 g/mol. The Kier molecular flexibility index (Phi) is 6.83. The predicted molar refractivity (Wildman–Crippen MR) is 113 cm³/mol. The molecule has 158 valence electrons. The lowest BCUT2D eigenvalue weighted by Gasteiger charge is -2.14. The molecule has 0 amide bonds. The van der Waals surface area contributed by atoms with Crippen LogP contribution in [-0.2, 0) is 21.3 Å². The Morgan fingerprint density at radius 1 is 1.34 bits per heavy atom. The van der Waals surface area contributed by atoms with Crippen LogP contribution in [-0.4, -0.2) is 60.6 Å². The lowest BCUT2D eigenvalue weighted by atomic mass is 10.2. The van der Waals surface area contributed by atoms with Gasteiger partial charge in [-0.2, -0.15) is 0 Å². The number of carbonyl (C=O) groups is 1. The number of thioether (sulfide) groups is 1. The van der Waals surface area contributed by atoms with E-state index in [9.17, 15) is 13.2 Å². The number of aromatic nitrogens is 2. The molecule has 3 heterocycles. The SMILES string of the molecule is Cc1cc(C(=O)CSc2ccc(S(=O)(=O)N(C)C)cn2)c(C)n1CC1CCCO1. The maximum absolute atomic E-state index is 12.8. The molecule has 0 saturated carbocycles. The van der Waals surface area contributed by atoms with Gasteiger partial charge in [-0.25, -0.2) is 17.7 Å². The number of rotatable bonds is 8. The van der Waals surface area contributed by atoms with Crippen molar-refractivity contribution < 1.29 is 17.9 Å². The third-order valence-corrected chi connectivity index (χ3v) is 7.87. The second kappa shape index (κ2) is 8.99. The highest BCUT2D eigenvalue weighted by atomic mass is 32.2. The Bertz CT molecular complexity index is 976. The van der Waals surface area contributed by atoms with Crippen LogP contribution in [0.25, 0.3) is 0 Å². The van der Waals surface area contributed by atoms with Crippen molar-refractivity contribution in [3.05, 3.63) is 41.3 Å². The van der Waals surface area contributed by atoms with E-state index < -0.39 is 10.0 Å². The summed E-state index contributed by atoms with van der Waals surface area (Å²) in [6.45, 7) is 5.58. The van der Waals surface area contributed by atoms with Gasteiger partial charge in [0, 0.05) is 50.4 Å². The third kappa shape index (κ3) is 4.91. The van der Waals surface area contributed by atoms with E-state index in [2.05, 4.69) is 9.55 Å². The summed E-state index contributed by atoms with van der Waals surface area (Å²) in [5.41, 5.74) is 2.74. The molecule has 0 bridgehead atoms. The molecule has 0 radical (unpaired) electrons. The minimum atomic E-state index is -3.50. The topological polar surface area (TPSA) is 81.5 Å². The highest BCUT2D eigenvalue weighted by Gasteiger charge is 2.21. The van der Waals surface area contributed by atoms with Gasteiger partial charge in [0.1, 0.15) is 4.90 Å². The van der Waals surface area contributed by atoms with Crippen LogP contribution in [0.4, 0.5) is 0 Å². The minimum Gasteiger partial charge on any atom is -0.376 e. The molecular formula is C20H27N3O4S2. The van der Waals surface area contributed by atoms with Crippen LogP contribution >= 0.6 is 11.8 Å². The summed E-state index contributed by atoms with van der Waals surface area (Å²) in [5, 5.41) is 0.615. The summed E-state index contributed by atoms with van der Waals surface area (Å²) in [6.07, 6.45) is 3.70. The van der Waals surface area contributed by atoms with Crippen LogP contribution < -0.4 is 0 Å². The van der Waals surface area contributed by atoms with E-state index in [0.717, 1.165) is 47.2 Å². The number of ketones is 1. The van der Waals surface area contributed by atoms with Crippen LogP contribution in [0, 0.1) is 13.8 Å². The summed E-state index contributed by atoms with van der Waals surface area (Å²) >= 11 is 1.30. The van der Waals surface area contributed by atoms with Crippen LogP contribution in [0.5, 0.6) is 0 Å². The molecule has 2 aromatic rings. The highest BCUT2D eigenvalue weighted by Crippen LogP contribution is 2.24. The van der Waals surface area contributed by atoms with Gasteiger partial charge in [-0.1, -0.05) is 11.8 Å². The first-order chi connectivity index (χ1) is 13.7. The quantitative estimate of drug-likeness (QED) is 0.467. The molecular weight excluding hydrogens is 410 g/mol. The molecule has 9 heteroatoms. The average Bonchev–Trinajstić information content (AvgIpc) is 3.30. The maximum Gasteiger partial charge on any atom is 0.244 e. The van der Waals surface area contributed by atoms with E-state index in [1.165, 1.54) is 38.1 Å². The van der Waals surface area contributed by atoms with Gasteiger partial charge in [0.2, 0.25) is 10.0 Å². The van der Waals surface area contributed by atoms with E-state index in [0.29, 0.717) is 5.03 Å². The number of Topliss-reactive ketones (excluding diaryl/α,β-unsaturated/α-hetero) is 1. The molecule has 0 spiro atoms. The van der Waals surface area contributed by atoms with E-state index in [1.807, 2.05) is 19.9 Å². The second-order valence-electron chi connectivity index (χ2n) is 7.36. The van der Waals surface area contributed by atoms with Crippen molar-refractivity contribution in [2.24, 2.45) is 0 Å². The Morgan fingerprint density at radius 2 is 2.10 bits per heavy atom. The first-order valence-corrected chi connectivity index (χ1v) is 12.0. The van der Waals surface area contributed by atoms with Gasteiger partial charge in [-0.3, -0.25) is 4.79 Å². The number of ether oxygens (including phenoxy) is 1. The molecule has 0 aromatic carbocycles. The van der Waals surface area contributed by atoms with Crippen molar-refractivity contribution in [1.82, 2.24) is 13.9 Å². The summed E-state index contributed by atoms with van der Waals surface area (Å²) in [4.78, 5) is 17.1. The van der Waals surface area contributed by atoms with Crippen LogP contribution in [0.1, 0.15) is 34.6 Å². The summed E-state index contributed by atoms with van der Waals surface area (Å²) in [6, 6.07) is 5.09. The monoisotopic (exact) mass is 437 g/mol. The number of aryl methyl sites for hydroxylation is 1. The number of hydrogen-bond acceptors (Lipinski definition) is 6. The van der Waals surface area contributed by atoms with E-state index in [1.54, 1.807) is 6.07 Å². The fourth-order valence-electron chi connectivity index (χ4n) is 3.39. The number of pyridine rings is 1. The summed E-state index contributed by atoms with van der Waals surface area (Å²) in [5.74, 6) is 0.283. The standard InChI is InChI=1S/C20H27N3O4S2/c1-14-10-18(15(2)23(14)12-16-6-5-9-27-16)19(24)13-28-20-8-7-17(11-21-20)29(25,26)22(3)4/h7-8,10-11,16H,5-6,9,12-13H2,1-4H3. The van der Waals surface area contributed by atoms with Gasteiger partial charge in [-0.05, 0) is 44.9 Å². The molecule has 29 heavy (non-hydrogen) atoms. The van der Waals surface area contributed by atoms with Crippen molar-refractivity contribution in [2.75, 3.05) is 26.5 Å². The predicted octanol–water partition coefficient (Wildman–Crippen LogP) is 2.90. The zero-order valence-corrected chi connectivity index (χ0v) is 18.8. The first-order valence-electron chi connectivity index (χ1n) is 9.53. The molecule has 1 atom stereocenters. The Morgan fingerprint density at radius 3 is 2.69 bits per heavy atom. The zero-order valence-electron chi connectivity index (χ0n) is 17.2. The van der Waals surface area contributed by atoms with Gasteiger partial charge in [-0.15, -0.1) is 0 Å². The Labute approximate surface area is 176 Å². The van der Waals surface area contributed by atoms with Crippen LogP contribution in [0.3, 0.4) is 0 Å². The first kappa shape index (κ1) is 22.0. The summed E-state index contributed by atoms with van der Waals surface area (Å²) in [7, 11) is -0.548. The smallest absolute Gasteiger partial charge is 0.244 e. The van der Waals surface area contributed by atoms with E-state index >= 15 is 0 Å². The van der Waals surface area contributed by atoms with Crippen molar-refractivity contribution in [2.45, 2.75) is 49.3 Å². The molecule has 1 unspecified atom stereocenters. The molecule has 1 aliphatic rings. The fourth-order valence-corrected chi connectivity index (χ4v) is 4.96. The maximum atomic E-state index is 12.8. The molecule has 3 rings (SSSR count). The number of nitrogens with zero attached hydrogens (tertiary/aromatic N) is 3. The lowest BCUT2D eigenvalue weighted by molar-refractivity contribution is 0.0957. The Hall–Kier alpha value is -1.68. The largest absolute Gasteiger partial charge is 0.376 e. The van der Waals surface area contributed by atoms with Crippen molar-refractivity contribution in [1.29, 1.82) is 0 Å². The Balaban J connectivity index is 1.65. The number of carbonyl (C=O) groups excluding carboxylic acids is 1. The highest BCUT2D eigenvalue weighted by molar-refractivity contribution is 7.99. The molecule has 1 fully saturated rings. The van der Waals surface area contributed by atoms with Crippen molar-refractivity contribution in [3.63, 3.8) is 0 Å². The number of sulfonamides is 1. The molecule has 7 nitrogen and oxygen atoms in total. The summed E-state index contributed by atoms with van der Waals surface area (Å²) < 4.78 is 33.2. The third-order valence-electron chi connectivity index (χ3n) is 5.12. The lowest BCUT2D eigenvalue weighted by Crippen LogP contribution is -2.22. The molecule has 0 N–H and O–H groups in total. The van der Waals surface area contributed by atoms with Crippen molar-refractivity contribution in [3.8, 4) is 0 Å². The van der Waals surface area contributed by atoms with Gasteiger partial charge in [0.15, 0.2) is 5.78 Å². The van der Waals surface area contributed by atoms with Crippen molar-refractivity contribution >= 4 is 27.6 Å². The van der Waals surface area contributed by atoms with Gasteiger partial charge >= 0.3 is 0 Å². The molecule has 0 aliphatic carbocycles. The second-order valence-corrected chi connectivity index (χ2v) is 10.5. The van der Waals surface area contributed by atoms with Gasteiger partial charge in [0.05, 0.1) is 16.9 Å². The van der Waals surface area contributed by atoms with Gasteiger partial charge in [0.25, 0.3) is 0 Å². The minimum absolute atomic E-state index is 0.0356. The van der Waals surface area contributed by atoms with E-state index in [-0.39, 0.29) is 22.5 Å². The molecule has 1 aliphatic heterocycles.